The average molecular weight is 181 g/mol. The molecule has 60 valence electrons. The van der Waals surface area contributed by atoms with Gasteiger partial charge in [0.05, 0.1) is 0 Å². The largest absolute Gasteiger partial charge is 0.410 e. The van der Waals surface area contributed by atoms with Gasteiger partial charge in [-0.05, 0) is 12.1 Å². The minimum Gasteiger partial charge on any atom is -0.410 e. The normalized spacial score (nSPS) is 10.8. The van der Waals surface area contributed by atoms with E-state index in [1.54, 1.807) is 30.3 Å². The molecule has 1 aromatic carbocycles. The van der Waals surface area contributed by atoms with Gasteiger partial charge in [-0.1, -0.05) is 28.9 Å². The van der Waals surface area contributed by atoms with E-state index in [4.69, 9.17) is 22.1 Å². The highest BCUT2D eigenvalue weighted by molar-refractivity contribution is 6.31. The number of halogens is 1. The first-order chi connectivity index (χ1) is 5.77. The van der Waals surface area contributed by atoms with Crippen LogP contribution in [0.15, 0.2) is 29.4 Å². The van der Waals surface area contributed by atoms with Crippen molar-refractivity contribution in [2.24, 2.45) is 5.16 Å². The fraction of sp³-hybridized carbons (Fsp3) is 0. The van der Waals surface area contributed by atoms with Gasteiger partial charge in [0, 0.05) is 10.6 Å². The molecule has 12 heavy (non-hydrogen) atoms. The second-order valence-corrected chi connectivity index (χ2v) is 2.51. The predicted octanol–water partition coefficient (Wildman–Crippen LogP) is 2.04. The van der Waals surface area contributed by atoms with Gasteiger partial charge in [-0.25, -0.2) is 0 Å². The van der Waals surface area contributed by atoms with Crippen molar-refractivity contribution < 1.29 is 5.21 Å². The summed E-state index contributed by atoms with van der Waals surface area (Å²) in [5.41, 5.74) is 0.463. The van der Waals surface area contributed by atoms with Crippen LogP contribution < -0.4 is 0 Å². The minimum absolute atomic E-state index is 0.0440. The second kappa shape index (κ2) is 3.74. The standard InChI is InChI=1S/C8H5ClN2O/c9-7-3-1-2-6(4-7)8(5-10)11-12/h1-4,12H. The van der Waals surface area contributed by atoms with Crippen molar-refractivity contribution in [1.29, 1.82) is 5.26 Å². The lowest BCUT2D eigenvalue weighted by molar-refractivity contribution is 0.320. The average Bonchev–Trinajstić information content (AvgIpc) is 2.07. The Balaban J connectivity index is 3.13. The summed E-state index contributed by atoms with van der Waals surface area (Å²) < 4.78 is 0. The van der Waals surface area contributed by atoms with Crippen molar-refractivity contribution in [3.8, 4) is 6.07 Å². The van der Waals surface area contributed by atoms with Crippen LogP contribution in [-0.4, -0.2) is 10.9 Å². The van der Waals surface area contributed by atoms with Crippen molar-refractivity contribution in [3.05, 3.63) is 34.9 Å². The lowest BCUT2D eigenvalue weighted by atomic mass is 10.1. The lowest BCUT2D eigenvalue weighted by Gasteiger charge is -1.94. The Labute approximate surface area is 74.5 Å². The quantitative estimate of drug-likeness (QED) is 0.409. The summed E-state index contributed by atoms with van der Waals surface area (Å²) in [4.78, 5) is 0. The number of hydrogen-bond acceptors (Lipinski definition) is 3. The van der Waals surface area contributed by atoms with Crippen molar-refractivity contribution in [1.82, 2.24) is 0 Å². The van der Waals surface area contributed by atoms with Crippen LogP contribution in [0.5, 0.6) is 0 Å². The van der Waals surface area contributed by atoms with Crippen molar-refractivity contribution >= 4 is 17.3 Å². The van der Waals surface area contributed by atoms with Gasteiger partial charge < -0.3 is 5.21 Å². The zero-order chi connectivity index (χ0) is 8.97. The molecule has 0 spiro atoms. The molecule has 0 saturated heterocycles. The molecule has 1 aromatic rings. The van der Waals surface area contributed by atoms with Gasteiger partial charge in [-0.15, -0.1) is 0 Å². The molecule has 0 aromatic heterocycles. The molecule has 0 saturated carbocycles. The molecule has 0 heterocycles. The topological polar surface area (TPSA) is 56.4 Å². The van der Waals surface area contributed by atoms with Crippen LogP contribution in [0.2, 0.25) is 5.02 Å². The van der Waals surface area contributed by atoms with E-state index >= 15 is 0 Å². The van der Waals surface area contributed by atoms with Crippen molar-refractivity contribution in [3.63, 3.8) is 0 Å². The van der Waals surface area contributed by atoms with Gasteiger partial charge in [0.2, 0.25) is 0 Å². The first-order valence-electron chi connectivity index (χ1n) is 3.16. The van der Waals surface area contributed by atoms with Crippen LogP contribution in [0.1, 0.15) is 5.56 Å². The van der Waals surface area contributed by atoms with Crippen LogP contribution >= 0.6 is 11.6 Å². The van der Waals surface area contributed by atoms with E-state index in [0.29, 0.717) is 10.6 Å². The third-order valence-corrected chi connectivity index (χ3v) is 1.54. The van der Waals surface area contributed by atoms with E-state index in [-0.39, 0.29) is 5.71 Å². The minimum atomic E-state index is -0.0440. The summed E-state index contributed by atoms with van der Waals surface area (Å²) in [6.07, 6.45) is 0. The highest BCUT2D eigenvalue weighted by Gasteiger charge is 2.01. The Kier molecular flexibility index (Phi) is 2.67. The van der Waals surface area contributed by atoms with Gasteiger partial charge >= 0.3 is 0 Å². The van der Waals surface area contributed by atoms with E-state index in [1.165, 1.54) is 0 Å². The molecular formula is C8H5ClN2O. The second-order valence-electron chi connectivity index (χ2n) is 2.07. The van der Waals surface area contributed by atoms with E-state index in [2.05, 4.69) is 5.16 Å². The SMILES string of the molecule is N#CC(=NO)c1cccc(Cl)c1. The number of rotatable bonds is 1. The fourth-order valence-electron chi connectivity index (χ4n) is 0.780. The number of nitrogens with zero attached hydrogens (tertiary/aromatic N) is 2. The molecule has 0 unspecified atom stereocenters. The maximum Gasteiger partial charge on any atom is 0.186 e. The summed E-state index contributed by atoms with van der Waals surface area (Å²) >= 11 is 5.66. The van der Waals surface area contributed by atoms with Gasteiger partial charge in [-0.2, -0.15) is 5.26 Å². The maximum atomic E-state index is 8.49. The summed E-state index contributed by atoms with van der Waals surface area (Å²) in [7, 11) is 0. The molecule has 0 aliphatic rings. The summed E-state index contributed by atoms with van der Waals surface area (Å²) in [6, 6.07) is 8.29. The van der Waals surface area contributed by atoms with E-state index in [9.17, 15) is 0 Å². The first-order valence-corrected chi connectivity index (χ1v) is 3.54. The zero-order valence-electron chi connectivity index (χ0n) is 6.03. The van der Waals surface area contributed by atoms with Crippen LogP contribution in [0, 0.1) is 11.3 Å². The Bertz CT molecular complexity index is 354. The first kappa shape index (κ1) is 8.57. The van der Waals surface area contributed by atoms with E-state index in [1.807, 2.05) is 0 Å². The molecule has 0 radical (unpaired) electrons. The summed E-state index contributed by atoms with van der Waals surface area (Å²) in [5.74, 6) is 0. The molecule has 0 aliphatic carbocycles. The smallest absolute Gasteiger partial charge is 0.186 e. The molecule has 0 aliphatic heterocycles. The van der Waals surface area contributed by atoms with E-state index < -0.39 is 0 Å². The van der Waals surface area contributed by atoms with Crippen molar-refractivity contribution in [2.75, 3.05) is 0 Å². The maximum absolute atomic E-state index is 8.49. The van der Waals surface area contributed by atoms with Crippen LogP contribution in [-0.2, 0) is 0 Å². The Hall–Kier alpha value is -1.53. The third-order valence-electron chi connectivity index (χ3n) is 1.30. The summed E-state index contributed by atoms with van der Waals surface area (Å²) in [6.45, 7) is 0. The molecule has 3 nitrogen and oxygen atoms in total. The molecule has 0 amide bonds. The third kappa shape index (κ3) is 1.74. The van der Waals surface area contributed by atoms with Crippen molar-refractivity contribution in [2.45, 2.75) is 0 Å². The zero-order valence-corrected chi connectivity index (χ0v) is 6.78. The molecule has 1 rings (SSSR count). The Morgan fingerprint density at radius 3 is 2.83 bits per heavy atom. The van der Waals surface area contributed by atoms with Crippen LogP contribution in [0.4, 0.5) is 0 Å². The van der Waals surface area contributed by atoms with Crippen LogP contribution in [0.25, 0.3) is 0 Å². The monoisotopic (exact) mass is 180 g/mol. The molecular weight excluding hydrogens is 176 g/mol. The Morgan fingerprint density at radius 2 is 2.33 bits per heavy atom. The molecule has 4 heteroatoms. The number of benzene rings is 1. The molecule has 0 bridgehead atoms. The van der Waals surface area contributed by atoms with Crippen LogP contribution in [0.3, 0.4) is 0 Å². The van der Waals surface area contributed by atoms with Gasteiger partial charge in [0.1, 0.15) is 6.07 Å². The predicted molar refractivity (Wildman–Crippen MR) is 45.4 cm³/mol. The molecule has 0 atom stereocenters. The Morgan fingerprint density at radius 1 is 1.58 bits per heavy atom. The number of hydrogen-bond donors (Lipinski definition) is 1. The van der Waals surface area contributed by atoms with Gasteiger partial charge in [0.25, 0.3) is 0 Å². The highest BCUT2D eigenvalue weighted by atomic mass is 35.5. The molecule has 1 N–H and O–H groups in total. The lowest BCUT2D eigenvalue weighted by Crippen LogP contribution is -1.95. The van der Waals surface area contributed by atoms with Gasteiger partial charge in [0.15, 0.2) is 5.71 Å². The fourth-order valence-corrected chi connectivity index (χ4v) is 0.971. The highest BCUT2D eigenvalue weighted by Crippen LogP contribution is 2.11. The summed E-state index contributed by atoms with van der Waals surface area (Å²) in [5, 5.41) is 20.2. The van der Waals surface area contributed by atoms with E-state index in [0.717, 1.165) is 0 Å². The van der Waals surface area contributed by atoms with Gasteiger partial charge in [-0.3, -0.25) is 0 Å². The number of oxime groups is 1. The molecule has 0 fully saturated rings. The number of nitriles is 1.